The van der Waals surface area contributed by atoms with Gasteiger partial charge in [-0.3, -0.25) is 14.5 Å². The summed E-state index contributed by atoms with van der Waals surface area (Å²) in [5.74, 6) is 1.02. The average Bonchev–Trinajstić information content (AvgIpc) is 3.42. The summed E-state index contributed by atoms with van der Waals surface area (Å²) < 4.78 is 5.26. The summed E-state index contributed by atoms with van der Waals surface area (Å²) in [4.78, 5) is 45.6. The van der Waals surface area contributed by atoms with Crippen LogP contribution in [0.2, 0.25) is 0 Å². The van der Waals surface area contributed by atoms with E-state index in [2.05, 4.69) is 33.1 Å². The van der Waals surface area contributed by atoms with Gasteiger partial charge in [0.2, 0.25) is 5.91 Å². The first-order chi connectivity index (χ1) is 14.5. The number of hydrogen-bond donors (Lipinski definition) is 3. The second-order valence-corrected chi connectivity index (χ2v) is 8.04. The first-order valence-electron chi connectivity index (χ1n) is 10.2. The van der Waals surface area contributed by atoms with E-state index in [0.717, 1.165) is 38.3 Å². The first-order valence-corrected chi connectivity index (χ1v) is 10.6. The molecule has 0 aliphatic carbocycles. The van der Waals surface area contributed by atoms with E-state index in [4.69, 9.17) is 4.74 Å². The Morgan fingerprint density at radius 2 is 2.07 bits per heavy atom. The Labute approximate surface area is 180 Å². The molecule has 1 aromatic heterocycles. The minimum absolute atomic E-state index is 0.0286. The molecule has 3 aliphatic heterocycles. The van der Waals surface area contributed by atoms with E-state index >= 15 is 0 Å². The molecule has 0 bridgehead atoms. The lowest BCUT2D eigenvalue weighted by molar-refractivity contribution is -0.133. The van der Waals surface area contributed by atoms with Gasteiger partial charge in [0.15, 0.2) is 0 Å². The number of hydrogen-bond acceptors (Lipinski definition) is 7. The zero-order valence-electron chi connectivity index (χ0n) is 16.6. The standard InChI is InChI=1S/C19H26N6O4S/c26-17(15-2-1-5-20-15)24-8-6-23(7-9-24)16-4-3-13(10-21-16)25-12-14(29-19(25)28)11-22-18(27)30/h3-4,10,14-15,20H,1-2,5-9,11-12H2,(H2,22,27,30). The summed E-state index contributed by atoms with van der Waals surface area (Å²) in [6.45, 7) is 4.28. The Morgan fingerprint density at radius 1 is 1.27 bits per heavy atom. The first kappa shape index (κ1) is 20.7. The highest BCUT2D eigenvalue weighted by atomic mass is 32.1. The molecule has 2 N–H and O–H groups in total. The van der Waals surface area contributed by atoms with Gasteiger partial charge in [-0.05, 0) is 31.5 Å². The minimum atomic E-state index is -0.462. The lowest BCUT2D eigenvalue weighted by atomic mass is 10.2. The molecule has 10 nitrogen and oxygen atoms in total. The molecule has 11 heteroatoms. The highest BCUT2D eigenvalue weighted by molar-refractivity contribution is 7.96. The van der Waals surface area contributed by atoms with Gasteiger partial charge in [0.05, 0.1) is 31.0 Å². The van der Waals surface area contributed by atoms with Gasteiger partial charge in [0.1, 0.15) is 11.9 Å². The Bertz CT molecular complexity index is 793. The summed E-state index contributed by atoms with van der Waals surface area (Å²) in [5, 5.41) is 5.33. The number of piperazine rings is 1. The molecule has 0 spiro atoms. The Balaban J connectivity index is 1.30. The summed E-state index contributed by atoms with van der Waals surface area (Å²) >= 11 is 3.64. The Kier molecular flexibility index (Phi) is 6.28. The molecule has 3 saturated heterocycles. The SMILES string of the molecule is O=C(S)NCC1CN(c2ccc(N3CCN(C(=O)C4CCCN4)CC3)nc2)C(=O)O1. The van der Waals surface area contributed by atoms with Crippen LogP contribution in [-0.4, -0.2) is 85.1 Å². The molecule has 0 saturated carbocycles. The van der Waals surface area contributed by atoms with Crippen LogP contribution in [0.1, 0.15) is 12.8 Å². The van der Waals surface area contributed by atoms with E-state index in [1.807, 2.05) is 17.0 Å². The fourth-order valence-electron chi connectivity index (χ4n) is 4.04. The van der Waals surface area contributed by atoms with E-state index in [9.17, 15) is 14.4 Å². The van der Waals surface area contributed by atoms with E-state index in [1.165, 1.54) is 4.90 Å². The van der Waals surface area contributed by atoms with Crippen molar-refractivity contribution in [1.82, 2.24) is 20.5 Å². The number of nitrogens with one attached hydrogen (secondary N) is 2. The quantitative estimate of drug-likeness (QED) is 0.578. The number of aromatic nitrogens is 1. The monoisotopic (exact) mass is 434 g/mol. The van der Waals surface area contributed by atoms with Crippen molar-refractivity contribution in [2.45, 2.75) is 25.0 Å². The second kappa shape index (κ2) is 9.09. The number of thiol groups is 1. The molecule has 3 fully saturated rings. The number of carbonyl (C=O) groups is 3. The molecule has 2 atom stereocenters. The van der Waals surface area contributed by atoms with Crippen molar-refractivity contribution in [3.05, 3.63) is 18.3 Å². The van der Waals surface area contributed by atoms with Gasteiger partial charge in [0, 0.05) is 26.2 Å². The van der Waals surface area contributed by atoms with Crippen molar-refractivity contribution >= 4 is 41.4 Å². The predicted octanol–water partition coefficient (Wildman–Crippen LogP) is 0.447. The summed E-state index contributed by atoms with van der Waals surface area (Å²) in [6.07, 6.45) is 2.74. The third-order valence-corrected chi connectivity index (χ3v) is 5.83. The number of ether oxygens (including phenoxy) is 1. The molecule has 30 heavy (non-hydrogen) atoms. The summed E-state index contributed by atoms with van der Waals surface area (Å²) in [5.41, 5.74) is 0.643. The van der Waals surface area contributed by atoms with Gasteiger partial charge in [0.25, 0.3) is 5.24 Å². The van der Waals surface area contributed by atoms with Crippen molar-refractivity contribution in [3.63, 3.8) is 0 Å². The fraction of sp³-hybridized carbons (Fsp3) is 0.579. The molecular weight excluding hydrogens is 408 g/mol. The fourth-order valence-corrected chi connectivity index (χ4v) is 4.13. The van der Waals surface area contributed by atoms with Gasteiger partial charge in [-0.1, -0.05) is 12.6 Å². The van der Waals surface area contributed by atoms with Gasteiger partial charge in [-0.2, -0.15) is 0 Å². The molecule has 3 aliphatic rings. The molecule has 162 valence electrons. The number of pyridine rings is 1. The van der Waals surface area contributed by atoms with Gasteiger partial charge in [-0.25, -0.2) is 9.78 Å². The normalized spacial score (nSPS) is 24.2. The smallest absolute Gasteiger partial charge is 0.414 e. The molecule has 0 aromatic carbocycles. The second-order valence-electron chi connectivity index (χ2n) is 7.64. The lowest BCUT2D eigenvalue weighted by Crippen LogP contribution is -2.53. The van der Waals surface area contributed by atoms with Crippen LogP contribution in [0, 0.1) is 0 Å². The van der Waals surface area contributed by atoms with Crippen LogP contribution in [-0.2, 0) is 9.53 Å². The molecule has 0 radical (unpaired) electrons. The predicted molar refractivity (Wildman–Crippen MR) is 114 cm³/mol. The lowest BCUT2D eigenvalue weighted by Gasteiger charge is -2.36. The number of carbonyl (C=O) groups excluding carboxylic acids is 3. The van der Waals surface area contributed by atoms with Gasteiger partial charge < -0.3 is 25.2 Å². The third kappa shape index (κ3) is 4.62. The van der Waals surface area contributed by atoms with Crippen LogP contribution in [0.15, 0.2) is 18.3 Å². The van der Waals surface area contributed by atoms with Crippen molar-refractivity contribution in [2.75, 3.05) is 55.6 Å². The minimum Gasteiger partial charge on any atom is -0.442 e. The van der Waals surface area contributed by atoms with Crippen LogP contribution in [0.3, 0.4) is 0 Å². The molecule has 3 amide bonds. The Hall–Kier alpha value is -2.53. The molecule has 1 aromatic rings. The highest BCUT2D eigenvalue weighted by Gasteiger charge is 2.33. The largest absolute Gasteiger partial charge is 0.442 e. The molecule has 2 unspecified atom stereocenters. The third-order valence-electron chi connectivity index (χ3n) is 5.67. The number of nitrogens with zero attached hydrogens (tertiary/aromatic N) is 4. The average molecular weight is 435 g/mol. The van der Waals surface area contributed by atoms with Crippen molar-refractivity contribution < 1.29 is 19.1 Å². The van der Waals surface area contributed by atoms with E-state index < -0.39 is 17.4 Å². The van der Waals surface area contributed by atoms with Crippen LogP contribution in [0.5, 0.6) is 0 Å². The maximum absolute atomic E-state index is 12.5. The van der Waals surface area contributed by atoms with E-state index in [1.54, 1.807) is 6.20 Å². The van der Waals surface area contributed by atoms with E-state index in [-0.39, 0.29) is 18.5 Å². The maximum atomic E-state index is 12.5. The van der Waals surface area contributed by atoms with Crippen LogP contribution in [0.4, 0.5) is 21.1 Å². The van der Waals surface area contributed by atoms with Crippen molar-refractivity contribution in [2.24, 2.45) is 0 Å². The molecular formula is C19H26N6O4S. The van der Waals surface area contributed by atoms with Gasteiger partial charge >= 0.3 is 6.09 Å². The van der Waals surface area contributed by atoms with Crippen LogP contribution >= 0.6 is 12.6 Å². The van der Waals surface area contributed by atoms with Crippen LogP contribution in [0.25, 0.3) is 0 Å². The van der Waals surface area contributed by atoms with Crippen molar-refractivity contribution in [1.29, 1.82) is 0 Å². The topological polar surface area (TPSA) is 107 Å². The Morgan fingerprint density at radius 3 is 2.70 bits per heavy atom. The van der Waals surface area contributed by atoms with Gasteiger partial charge in [-0.15, -0.1) is 0 Å². The number of amides is 3. The summed E-state index contributed by atoms with van der Waals surface area (Å²) in [6, 6.07) is 3.68. The van der Waals surface area contributed by atoms with Crippen LogP contribution < -0.4 is 20.4 Å². The number of cyclic esters (lactones) is 1. The maximum Gasteiger partial charge on any atom is 0.414 e. The number of anilines is 2. The van der Waals surface area contributed by atoms with E-state index in [0.29, 0.717) is 25.3 Å². The highest BCUT2D eigenvalue weighted by Crippen LogP contribution is 2.23. The zero-order chi connectivity index (χ0) is 21.1. The molecule has 4 heterocycles. The number of rotatable bonds is 5. The summed E-state index contributed by atoms with van der Waals surface area (Å²) in [7, 11) is 0. The molecule has 4 rings (SSSR count). The zero-order valence-corrected chi connectivity index (χ0v) is 17.5. The van der Waals surface area contributed by atoms with Crippen molar-refractivity contribution in [3.8, 4) is 0 Å².